The van der Waals surface area contributed by atoms with Crippen LogP contribution >= 0.6 is 15.9 Å². The van der Waals surface area contributed by atoms with Gasteiger partial charge in [-0.3, -0.25) is 4.79 Å². The molecule has 8 heteroatoms. The zero-order valence-electron chi connectivity index (χ0n) is 11.5. The molecule has 1 aromatic rings. The standard InChI is InChI=1S/C13H16BrN3O4/c1-21-12-9(7-18)11(10(14)6-15-12)17-4-2-8(3-5-17)16-13(19)20/h6-8,16H,2-5H2,1H3,(H,19,20). The molecule has 7 nitrogen and oxygen atoms in total. The molecule has 0 radical (unpaired) electrons. The smallest absolute Gasteiger partial charge is 0.404 e. The summed E-state index contributed by atoms with van der Waals surface area (Å²) in [5, 5.41) is 11.2. The maximum Gasteiger partial charge on any atom is 0.404 e. The van der Waals surface area contributed by atoms with E-state index in [0.717, 1.165) is 16.4 Å². The number of halogens is 1. The zero-order chi connectivity index (χ0) is 15.4. The van der Waals surface area contributed by atoms with E-state index in [1.807, 2.05) is 4.90 Å². The quantitative estimate of drug-likeness (QED) is 0.799. The monoisotopic (exact) mass is 357 g/mol. The van der Waals surface area contributed by atoms with E-state index in [1.165, 1.54) is 7.11 Å². The number of nitrogens with one attached hydrogen (secondary N) is 1. The van der Waals surface area contributed by atoms with Crippen molar-refractivity contribution in [3.05, 3.63) is 16.2 Å². The number of aldehydes is 1. The van der Waals surface area contributed by atoms with Crippen LogP contribution in [0.2, 0.25) is 0 Å². The molecular formula is C13H16BrN3O4. The fourth-order valence-electron chi connectivity index (χ4n) is 2.49. The van der Waals surface area contributed by atoms with Crippen LogP contribution in [-0.4, -0.2) is 48.7 Å². The minimum absolute atomic E-state index is 0.0547. The predicted octanol–water partition coefficient (Wildman–Crippen LogP) is 1.90. The SMILES string of the molecule is COc1ncc(Br)c(N2CCC(NC(=O)O)CC2)c1C=O. The molecule has 1 aliphatic heterocycles. The van der Waals surface area contributed by atoms with E-state index in [0.29, 0.717) is 31.5 Å². The van der Waals surface area contributed by atoms with E-state index in [-0.39, 0.29) is 11.9 Å². The van der Waals surface area contributed by atoms with Crippen LogP contribution in [0.15, 0.2) is 10.7 Å². The van der Waals surface area contributed by atoms with Gasteiger partial charge in [-0.25, -0.2) is 9.78 Å². The largest absolute Gasteiger partial charge is 0.480 e. The van der Waals surface area contributed by atoms with Crippen LogP contribution < -0.4 is 15.0 Å². The summed E-state index contributed by atoms with van der Waals surface area (Å²) in [5.41, 5.74) is 1.14. The molecule has 1 aliphatic rings. The highest BCUT2D eigenvalue weighted by Crippen LogP contribution is 2.35. The van der Waals surface area contributed by atoms with Gasteiger partial charge in [-0.05, 0) is 28.8 Å². The summed E-state index contributed by atoms with van der Waals surface area (Å²) >= 11 is 3.41. The number of aromatic nitrogens is 1. The first-order chi connectivity index (χ1) is 10.1. The lowest BCUT2D eigenvalue weighted by Crippen LogP contribution is -2.44. The van der Waals surface area contributed by atoms with Crippen LogP contribution in [-0.2, 0) is 0 Å². The average molecular weight is 358 g/mol. The fourth-order valence-corrected chi connectivity index (χ4v) is 3.05. The Bertz CT molecular complexity index is 544. The van der Waals surface area contributed by atoms with Gasteiger partial charge in [-0.2, -0.15) is 0 Å². The van der Waals surface area contributed by atoms with Crippen molar-refractivity contribution >= 4 is 34.0 Å². The Morgan fingerprint density at radius 2 is 2.24 bits per heavy atom. The van der Waals surface area contributed by atoms with Crippen molar-refractivity contribution in [1.29, 1.82) is 0 Å². The minimum Gasteiger partial charge on any atom is -0.480 e. The normalized spacial score (nSPS) is 15.6. The topological polar surface area (TPSA) is 91.8 Å². The first kappa shape index (κ1) is 15.6. The number of piperidine rings is 1. The van der Waals surface area contributed by atoms with Crippen molar-refractivity contribution in [3.8, 4) is 5.88 Å². The molecule has 21 heavy (non-hydrogen) atoms. The van der Waals surface area contributed by atoms with Crippen molar-refractivity contribution in [2.45, 2.75) is 18.9 Å². The first-order valence-corrected chi connectivity index (χ1v) is 7.28. The molecule has 2 rings (SSSR count). The van der Waals surface area contributed by atoms with Gasteiger partial charge < -0.3 is 20.1 Å². The number of carboxylic acid groups (broad SMARTS) is 1. The number of amides is 1. The number of hydrogen-bond acceptors (Lipinski definition) is 5. The predicted molar refractivity (Wildman–Crippen MR) is 80.3 cm³/mol. The molecule has 1 saturated heterocycles. The number of anilines is 1. The van der Waals surface area contributed by atoms with Gasteiger partial charge >= 0.3 is 6.09 Å². The number of nitrogens with zero attached hydrogens (tertiary/aromatic N) is 2. The molecule has 2 heterocycles. The molecule has 0 unspecified atom stereocenters. The summed E-state index contributed by atoms with van der Waals surface area (Å²) < 4.78 is 5.83. The summed E-state index contributed by atoms with van der Waals surface area (Å²) in [6, 6.07) is -0.0547. The molecule has 0 bridgehead atoms. The number of ether oxygens (including phenoxy) is 1. The number of methoxy groups -OCH3 is 1. The highest BCUT2D eigenvalue weighted by atomic mass is 79.9. The summed E-state index contributed by atoms with van der Waals surface area (Å²) in [6.07, 6.45) is 2.69. The summed E-state index contributed by atoms with van der Waals surface area (Å²) in [6.45, 7) is 1.30. The Morgan fingerprint density at radius 3 is 2.76 bits per heavy atom. The molecule has 1 amide bonds. The zero-order valence-corrected chi connectivity index (χ0v) is 13.1. The summed E-state index contributed by atoms with van der Waals surface area (Å²) in [5.74, 6) is 0.286. The van der Waals surface area contributed by atoms with Crippen LogP contribution in [0.1, 0.15) is 23.2 Å². The van der Waals surface area contributed by atoms with Crippen LogP contribution in [0.5, 0.6) is 5.88 Å². The van der Waals surface area contributed by atoms with Gasteiger partial charge in [0.1, 0.15) is 5.56 Å². The van der Waals surface area contributed by atoms with E-state index < -0.39 is 6.09 Å². The maximum atomic E-state index is 11.4. The second-order valence-corrected chi connectivity index (χ2v) is 5.56. The number of pyridine rings is 1. The van der Waals surface area contributed by atoms with E-state index in [9.17, 15) is 9.59 Å². The van der Waals surface area contributed by atoms with Gasteiger partial charge in [-0.15, -0.1) is 0 Å². The van der Waals surface area contributed by atoms with Crippen LogP contribution in [0.4, 0.5) is 10.5 Å². The Kier molecular flexibility index (Phi) is 5.00. The number of carbonyl (C=O) groups excluding carboxylic acids is 1. The third-order valence-electron chi connectivity index (χ3n) is 3.46. The van der Waals surface area contributed by atoms with Gasteiger partial charge in [0.25, 0.3) is 0 Å². The van der Waals surface area contributed by atoms with Gasteiger partial charge in [0.2, 0.25) is 5.88 Å². The summed E-state index contributed by atoms with van der Waals surface area (Å²) in [7, 11) is 1.47. The molecular weight excluding hydrogens is 342 g/mol. The van der Waals surface area contributed by atoms with Gasteiger partial charge in [-0.1, -0.05) is 0 Å². The highest BCUT2D eigenvalue weighted by molar-refractivity contribution is 9.10. The number of carbonyl (C=O) groups is 2. The minimum atomic E-state index is -1.01. The molecule has 2 N–H and O–H groups in total. The van der Waals surface area contributed by atoms with Gasteiger partial charge in [0.15, 0.2) is 6.29 Å². The van der Waals surface area contributed by atoms with Crippen LogP contribution in [0.25, 0.3) is 0 Å². The van der Waals surface area contributed by atoms with Crippen LogP contribution in [0.3, 0.4) is 0 Å². The second-order valence-electron chi connectivity index (χ2n) is 4.71. The molecule has 0 atom stereocenters. The molecule has 0 aliphatic carbocycles. The maximum absolute atomic E-state index is 11.4. The van der Waals surface area contributed by atoms with E-state index in [2.05, 4.69) is 26.2 Å². The van der Waals surface area contributed by atoms with Crippen molar-refractivity contribution in [3.63, 3.8) is 0 Å². The Labute approximate surface area is 130 Å². The van der Waals surface area contributed by atoms with Crippen molar-refractivity contribution in [2.24, 2.45) is 0 Å². The molecule has 0 saturated carbocycles. The lowest BCUT2D eigenvalue weighted by atomic mass is 10.0. The Hall–Kier alpha value is -1.83. The van der Waals surface area contributed by atoms with Gasteiger partial charge in [0, 0.05) is 25.3 Å². The van der Waals surface area contributed by atoms with Crippen molar-refractivity contribution < 1.29 is 19.4 Å². The van der Waals surface area contributed by atoms with Gasteiger partial charge in [0.05, 0.1) is 17.3 Å². The third kappa shape index (κ3) is 3.44. The molecule has 0 aromatic carbocycles. The highest BCUT2D eigenvalue weighted by Gasteiger charge is 2.25. The van der Waals surface area contributed by atoms with E-state index >= 15 is 0 Å². The van der Waals surface area contributed by atoms with Crippen molar-refractivity contribution in [1.82, 2.24) is 10.3 Å². The molecule has 0 spiro atoms. The van der Waals surface area contributed by atoms with E-state index in [4.69, 9.17) is 9.84 Å². The number of rotatable bonds is 4. The fraction of sp³-hybridized carbons (Fsp3) is 0.462. The number of hydrogen-bond donors (Lipinski definition) is 2. The van der Waals surface area contributed by atoms with Crippen LogP contribution in [0, 0.1) is 0 Å². The Balaban J connectivity index is 2.20. The molecule has 114 valence electrons. The third-order valence-corrected chi connectivity index (χ3v) is 4.04. The lowest BCUT2D eigenvalue weighted by Gasteiger charge is -2.34. The lowest BCUT2D eigenvalue weighted by molar-refractivity contribution is 0.112. The Morgan fingerprint density at radius 1 is 1.57 bits per heavy atom. The second kappa shape index (κ2) is 6.75. The molecule has 1 aromatic heterocycles. The average Bonchev–Trinajstić information content (AvgIpc) is 2.47. The first-order valence-electron chi connectivity index (χ1n) is 6.49. The van der Waals surface area contributed by atoms with Crippen molar-refractivity contribution in [2.75, 3.05) is 25.1 Å². The van der Waals surface area contributed by atoms with E-state index in [1.54, 1.807) is 6.20 Å². The molecule has 1 fully saturated rings. The summed E-state index contributed by atoms with van der Waals surface area (Å²) in [4.78, 5) is 28.1.